The molecule has 2 aromatic carbocycles. The maximum atomic E-state index is 13.4. The summed E-state index contributed by atoms with van der Waals surface area (Å²) >= 11 is 0. The minimum atomic E-state index is 0.125. The molecule has 184 valence electrons. The molecule has 1 saturated carbocycles. The van der Waals surface area contributed by atoms with E-state index in [9.17, 15) is 4.79 Å². The van der Waals surface area contributed by atoms with Gasteiger partial charge >= 0.3 is 0 Å². The minimum absolute atomic E-state index is 0.125. The predicted octanol–water partition coefficient (Wildman–Crippen LogP) is 4.94. The molecule has 0 radical (unpaired) electrons. The van der Waals surface area contributed by atoms with Crippen LogP contribution in [0.25, 0.3) is 33.8 Å². The molecule has 2 aromatic heterocycles. The summed E-state index contributed by atoms with van der Waals surface area (Å²) in [5, 5.41) is 3.58. The normalized spacial score (nSPS) is 21.8. The van der Waals surface area contributed by atoms with Crippen LogP contribution in [0.2, 0.25) is 0 Å². The molecule has 0 bridgehead atoms. The third-order valence-electron chi connectivity index (χ3n) is 8.51. The smallest absolute Gasteiger partial charge is 0.253 e. The highest BCUT2D eigenvalue weighted by Gasteiger charge is 2.34. The number of carbonyl (C=O) groups excluding carboxylic acids is 1. The van der Waals surface area contributed by atoms with Gasteiger partial charge in [0, 0.05) is 44.0 Å². The quantitative estimate of drug-likeness (QED) is 0.441. The Bertz CT molecular complexity index is 1430. The highest BCUT2D eigenvalue weighted by molar-refractivity contribution is 5.98. The number of benzene rings is 2. The van der Waals surface area contributed by atoms with E-state index >= 15 is 0 Å². The standard InChI is InChI=1S/C30H33N5O/c1-33-27-10-9-23(30(36)34-16-14-21-13-15-31-25(21)19-34)17-24(27)32-29(33)28-12-11-26(22-5-3-2-4-6-22)35(28)18-20-7-8-20/h2-6,9-12,17,20-21,25,31H,7-8,13-16,18-19H2,1H3/t21-,25+/m1/s1. The van der Waals surface area contributed by atoms with E-state index in [0.717, 1.165) is 72.6 Å². The van der Waals surface area contributed by atoms with E-state index in [2.05, 4.69) is 70.0 Å². The molecule has 1 N–H and O–H groups in total. The van der Waals surface area contributed by atoms with Gasteiger partial charge in [-0.3, -0.25) is 4.79 Å². The number of nitrogens with zero attached hydrogens (tertiary/aromatic N) is 4. The average molecular weight is 480 g/mol. The summed E-state index contributed by atoms with van der Waals surface area (Å²) in [5.41, 5.74) is 6.29. The zero-order valence-corrected chi connectivity index (χ0v) is 20.9. The van der Waals surface area contributed by atoms with Crippen LogP contribution in [0.1, 0.15) is 36.0 Å². The van der Waals surface area contributed by atoms with Crippen LogP contribution < -0.4 is 5.32 Å². The third kappa shape index (κ3) is 3.75. The van der Waals surface area contributed by atoms with E-state index in [0.29, 0.717) is 6.04 Å². The topological polar surface area (TPSA) is 55.1 Å². The Labute approximate surface area is 211 Å². The number of imidazole rings is 1. The van der Waals surface area contributed by atoms with E-state index < -0.39 is 0 Å². The predicted molar refractivity (Wildman–Crippen MR) is 143 cm³/mol. The maximum Gasteiger partial charge on any atom is 0.253 e. The monoisotopic (exact) mass is 479 g/mol. The summed E-state index contributed by atoms with van der Waals surface area (Å²) in [5.74, 6) is 2.55. The molecule has 6 heteroatoms. The van der Waals surface area contributed by atoms with Gasteiger partial charge in [0.2, 0.25) is 0 Å². The van der Waals surface area contributed by atoms with Crippen molar-refractivity contribution in [3.8, 4) is 22.8 Å². The number of aryl methyl sites for hydroxylation is 1. The number of fused-ring (bicyclic) bond motifs is 2. The van der Waals surface area contributed by atoms with Gasteiger partial charge in [-0.1, -0.05) is 30.3 Å². The number of amides is 1. The van der Waals surface area contributed by atoms with Gasteiger partial charge in [-0.2, -0.15) is 0 Å². The molecule has 1 aliphatic carbocycles. The lowest BCUT2D eigenvalue weighted by Crippen LogP contribution is -2.48. The third-order valence-corrected chi connectivity index (χ3v) is 8.51. The van der Waals surface area contributed by atoms with Crippen molar-refractivity contribution in [2.75, 3.05) is 19.6 Å². The molecule has 3 aliphatic rings. The van der Waals surface area contributed by atoms with Crippen molar-refractivity contribution in [2.45, 2.75) is 38.3 Å². The lowest BCUT2D eigenvalue weighted by Gasteiger charge is -2.35. The lowest BCUT2D eigenvalue weighted by molar-refractivity contribution is 0.0669. The van der Waals surface area contributed by atoms with Gasteiger partial charge in [-0.25, -0.2) is 4.98 Å². The summed E-state index contributed by atoms with van der Waals surface area (Å²) in [6.45, 7) is 3.76. The maximum absolute atomic E-state index is 13.4. The molecular formula is C30H33N5O. The summed E-state index contributed by atoms with van der Waals surface area (Å²) in [6.07, 6.45) is 4.94. The highest BCUT2D eigenvalue weighted by atomic mass is 16.2. The van der Waals surface area contributed by atoms with Crippen molar-refractivity contribution in [2.24, 2.45) is 18.9 Å². The number of aromatic nitrogens is 3. The molecule has 7 rings (SSSR count). The van der Waals surface area contributed by atoms with Crippen molar-refractivity contribution < 1.29 is 4.79 Å². The summed E-state index contributed by atoms with van der Waals surface area (Å²) < 4.78 is 4.62. The first-order valence-corrected chi connectivity index (χ1v) is 13.4. The van der Waals surface area contributed by atoms with Crippen LogP contribution in [0.4, 0.5) is 0 Å². The lowest BCUT2D eigenvalue weighted by atomic mass is 9.92. The summed E-state index contributed by atoms with van der Waals surface area (Å²) in [6, 6.07) is 21.5. The second kappa shape index (κ2) is 8.63. The van der Waals surface area contributed by atoms with Crippen LogP contribution in [-0.4, -0.2) is 50.6 Å². The van der Waals surface area contributed by atoms with Gasteiger partial charge in [-0.15, -0.1) is 0 Å². The minimum Gasteiger partial charge on any atom is -0.338 e. The van der Waals surface area contributed by atoms with Gasteiger partial charge in [0.05, 0.1) is 16.7 Å². The molecule has 2 saturated heterocycles. The number of hydrogen-bond acceptors (Lipinski definition) is 3. The van der Waals surface area contributed by atoms with Crippen molar-refractivity contribution in [3.05, 3.63) is 66.2 Å². The van der Waals surface area contributed by atoms with Crippen LogP contribution in [-0.2, 0) is 13.6 Å². The van der Waals surface area contributed by atoms with Crippen LogP contribution >= 0.6 is 0 Å². The van der Waals surface area contributed by atoms with E-state index in [1.807, 2.05) is 17.0 Å². The van der Waals surface area contributed by atoms with E-state index in [1.165, 1.54) is 30.5 Å². The Kier molecular flexibility index (Phi) is 5.24. The number of rotatable bonds is 5. The van der Waals surface area contributed by atoms with Crippen LogP contribution in [0, 0.1) is 11.8 Å². The number of nitrogens with one attached hydrogen (secondary N) is 1. The molecule has 36 heavy (non-hydrogen) atoms. The average Bonchev–Trinajstić information content (AvgIpc) is 3.30. The second-order valence-electron chi connectivity index (χ2n) is 10.9. The van der Waals surface area contributed by atoms with Crippen molar-refractivity contribution in [3.63, 3.8) is 0 Å². The summed E-state index contributed by atoms with van der Waals surface area (Å²) in [4.78, 5) is 20.5. The van der Waals surface area contributed by atoms with Crippen molar-refractivity contribution in [1.29, 1.82) is 0 Å². The Hall–Kier alpha value is -3.38. The highest BCUT2D eigenvalue weighted by Crippen LogP contribution is 2.37. The molecule has 0 spiro atoms. The first kappa shape index (κ1) is 21.9. The van der Waals surface area contributed by atoms with Gasteiger partial charge in [-0.05, 0) is 80.0 Å². The SMILES string of the molecule is Cn1c(-c2ccc(-c3ccccc3)n2CC2CC2)nc2cc(C(=O)N3CC[C@H]4CCN[C@H]4C3)ccc21. The number of hydrogen-bond donors (Lipinski definition) is 1. The molecule has 1 amide bonds. The van der Waals surface area contributed by atoms with E-state index in [1.54, 1.807) is 0 Å². The Morgan fingerprint density at radius 2 is 1.83 bits per heavy atom. The van der Waals surface area contributed by atoms with Gasteiger partial charge in [0.1, 0.15) is 0 Å². The number of likely N-dealkylation sites (tertiary alicyclic amines) is 1. The summed E-state index contributed by atoms with van der Waals surface area (Å²) in [7, 11) is 2.08. The molecule has 2 aliphatic heterocycles. The first-order valence-electron chi connectivity index (χ1n) is 13.4. The largest absolute Gasteiger partial charge is 0.338 e. The van der Waals surface area contributed by atoms with Crippen LogP contribution in [0.15, 0.2) is 60.7 Å². The Morgan fingerprint density at radius 1 is 1.00 bits per heavy atom. The molecule has 0 unspecified atom stereocenters. The Morgan fingerprint density at radius 3 is 2.67 bits per heavy atom. The number of carbonyl (C=O) groups is 1. The molecule has 6 nitrogen and oxygen atoms in total. The van der Waals surface area contributed by atoms with Crippen LogP contribution in [0.3, 0.4) is 0 Å². The van der Waals surface area contributed by atoms with Gasteiger partial charge in [0.15, 0.2) is 5.82 Å². The molecular weight excluding hydrogens is 446 g/mol. The fourth-order valence-electron chi connectivity index (χ4n) is 6.24. The zero-order valence-electron chi connectivity index (χ0n) is 20.9. The van der Waals surface area contributed by atoms with Crippen molar-refractivity contribution >= 4 is 16.9 Å². The number of piperidine rings is 1. The first-order chi connectivity index (χ1) is 17.7. The fourth-order valence-corrected chi connectivity index (χ4v) is 6.24. The van der Waals surface area contributed by atoms with E-state index in [4.69, 9.17) is 4.98 Å². The van der Waals surface area contributed by atoms with Crippen LogP contribution in [0.5, 0.6) is 0 Å². The molecule has 4 aromatic rings. The zero-order chi connectivity index (χ0) is 24.2. The Balaban J connectivity index is 1.23. The van der Waals surface area contributed by atoms with E-state index in [-0.39, 0.29) is 5.91 Å². The fraction of sp³-hybridized carbons (Fsp3) is 0.400. The molecule has 4 heterocycles. The van der Waals surface area contributed by atoms with Gasteiger partial charge < -0.3 is 19.4 Å². The molecule has 2 atom stereocenters. The molecule has 3 fully saturated rings. The van der Waals surface area contributed by atoms with Crippen molar-refractivity contribution in [1.82, 2.24) is 24.3 Å². The van der Waals surface area contributed by atoms with Gasteiger partial charge in [0.25, 0.3) is 5.91 Å². The second-order valence-corrected chi connectivity index (χ2v) is 10.9.